The molecule has 0 aliphatic carbocycles. The van der Waals surface area contributed by atoms with Gasteiger partial charge >= 0.3 is 13.1 Å². The van der Waals surface area contributed by atoms with E-state index in [1.807, 2.05) is 6.07 Å². The molecule has 0 heterocycles. The topological polar surface area (TPSA) is 90.6 Å². The fraction of sp³-hybridized carbons (Fsp3) is 0.111. The summed E-state index contributed by atoms with van der Waals surface area (Å²) in [6.45, 7) is 0. The molecule has 0 amide bonds. The molecule has 0 bridgehead atoms. The highest BCUT2D eigenvalue weighted by Gasteiger charge is 2.21. The van der Waals surface area contributed by atoms with Crippen LogP contribution < -0.4 is 5.46 Å². The Bertz CT molecular complexity index is 425. The molecule has 76 valence electrons. The van der Waals surface area contributed by atoms with Crippen LogP contribution in [-0.4, -0.2) is 30.2 Å². The molecule has 0 aromatic heterocycles. The number of hydrogen-bond acceptors (Lipinski definition) is 5. The van der Waals surface area contributed by atoms with E-state index in [4.69, 9.17) is 15.3 Å². The third-order valence-electron chi connectivity index (χ3n) is 1.87. The maximum atomic E-state index is 11.3. The number of esters is 1. The molecule has 6 heteroatoms. The zero-order valence-electron chi connectivity index (χ0n) is 7.97. The molecule has 0 unspecified atom stereocenters. The van der Waals surface area contributed by atoms with Crippen LogP contribution in [0.5, 0.6) is 0 Å². The largest absolute Gasteiger partial charge is 0.489 e. The van der Waals surface area contributed by atoms with E-state index < -0.39 is 13.1 Å². The van der Waals surface area contributed by atoms with Crippen molar-refractivity contribution in [1.29, 1.82) is 5.26 Å². The summed E-state index contributed by atoms with van der Waals surface area (Å²) in [5, 5.41) is 26.6. The lowest BCUT2D eigenvalue weighted by atomic mass is 9.76. The number of nitrogens with zero attached hydrogens (tertiary/aromatic N) is 1. The van der Waals surface area contributed by atoms with Crippen LogP contribution in [-0.2, 0) is 4.74 Å². The second-order valence-electron chi connectivity index (χ2n) is 2.78. The Kier molecular flexibility index (Phi) is 3.44. The molecular weight excluding hydrogens is 197 g/mol. The number of rotatable bonds is 2. The van der Waals surface area contributed by atoms with Crippen molar-refractivity contribution in [2.75, 3.05) is 7.11 Å². The zero-order chi connectivity index (χ0) is 11.4. The first kappa shape index (κ1) is 11.2. The Labute approximate surface area is 86.7 Å². The summed E-state index contributed by atoms with van der Waals surface area (Å²) in [7, 11) is -0.596. The summed E-state index contributed by atoms with van der Waals surface area (Å²) in [4.78, 5) is 11.3. The van der Waals surface area contributed by atoms with E-state index in [9.17, 15) is 4.79 Å². The first-order valence-corrected chi connectivity index (χ1v) is 4.08. The highest BCUT2D eigenvalue weighted by atomic mass is 16.5. The first-order valence-electron chi connectivity index (χ1n) is 4.08. The van der Waals surface area contributed by atoms with Crippen LogP contribution in [0.15, 0.2) is 18.2 Å². The Hall–Kier alpha value is -1.84. The Morgan fingerprint density at radius 2 is 2.20 bits per heavy atom. The quantitative estimate of drug-likeness (QED) is 0.478. The van der Waals surface area contributed by atoms with Gasteiger partial charge in [0, 0.05) is 0 Å². The minimum absolute atomic E-state index is 0.0147. The van der Waals surface area contributed by atoms with Crippen LogP contribution in [0.3, 0.4) is 0 Å². The van der Waals surface area contributed by atoms with Gasteiger partial charge in [0.1, 0.15) is 0 Å². The number of carbonyl (C=O) groups is 1. The van der Waals surface area contributed by atoms with Crippen molar-refractivity contribution >= 4 is 18.6 Å². The Morgan fingerprint density at radius 3 is 2.67 bits per heavy atom. The van der Waals surface area contributed by atoms with Crippen LogP contribution in [0.4, 0.5) is 0 Å². The Balaban J connectivity index is 3.30. The molecule has 0 spiro atoms. The molecule has 0 radical (unpaired) electrons. The predicted octanol–water partition coefficient (Wildman–Crippen LogP) is -0.975. The van der Waals surface area contributed by atoms with Gasteiger partial charge in [0.2, 0.25) is 0 Å². The number of carbonyl (C=O) groups excluding carboxylic acids is 1. The van der Waals surface area contributed by atoms with E-state index in [2.05, 4.69) is 4.74 Å². The fourth-order valence-corrected chi connectivity index (χ4v) is 1.14. The number of ether oxygens (including phenoxy) is 1. The third kappa shape index (κ3) is 2.34. The molecule has 5 nitrogen and oxygen atoms in total. The van der Waals surface area contributed by atoms with Crippen molar-refractivity contribution in [3.63, 3.8) is 0 Å². The van der Waals surface area contributed by atoms with Crippen molar-refractivity contribution in [3.05, 3.63) is 29.3 Å². The molecule has 0 aliphatic rings. The van der Waals surface area contributed by atoms with Gasteiger partial charge in [0.05, 0.1) is 24.3 Å². The van der Waals surface area contributed by atoms with E-state index in [-0.39, 0.29) is 16.6 Å². The van der Waals surface area contributed by atoms with Crippen LogP contribution in [0.2, 0.25) is 0 Å². The molecular formula is C9H8BNO4. The molecule has 1 aromatic rings. The molecule has 0 fully saturated rings. The van der Waals surface area contributed by atoms with Crippen LogP contribution in [0.1, 0.15) is 15.9 Å². The summed E-state index contributed by atoms with van der Waals surface area (Å²) in [6.07, 6.45) is 0. The zero-order valence-corrected chi connectivity index (χ0v) is 7.97. The van der Waals surface area contributed by atoms with Crippen molar-refractivity contribution in [2.24, 2.45) is 0 Å². The molecule has 1 aromatic carbocycles. The van der Waals surface area contributed by atoms with Gasteiger partial charge in [-0.3, -0.25) is 0 Å². The maximum absolute atomic E-state index is 11.3. The van der Waals surface area contributed by atoms with Crippen LogP contribution in [0, 0.1) is 11.3 Å². The highest BCUT2D eigenvalue weighted by molar-refractivity contribution is 6.60. The van der Waals surface area contributed by atoms with Crippen molar-refractivity contribution in [1.82, 2.24) is 0 Å². The van der Waals surface area contributed by atoms with Crippen LogP contribution >= 0.6 is 0 Å². The van der Waals surface area contributed by atoms with E-state index in [1.165, 1.54) is 25.3 Å². The molecule has 0 saturated heterocycles. The highest BCUT2D eigenvalue weighted by Crippen LogP contribution is 2.04. The molecule has 15 heavy (non-hydrogen) atoms. The molecule has 0 atom stereocenters. The summed E-state index contributed by atoms with van der Waals surface area (Å²) >= 11 is 0. The molecule has 2 N–H and O–H groups in total. The van der Waals surface area contributed by atoms with E-state index >= 15 is 0 Å². The lowest BCUT2D eigenvalue weighted by Crippen LogP contribution is -2.35. The summed E-state index contributed by atoms with van der Waals surface area (Å²) in [5.41, 5.74) is 0.243. The summed E-state index contributed by atoms with van der Waals surface area (Å²) in [6, 6.07) is 5.78. The minimum Gasteiger partial charge on any atom is -0.465 e. The standard InChI is InChI=1S/C9H8BNO4/c1-15-9(12)7-4-6(5-11)2-3-8(7)10(13)14/h2-4,13-14H,1H3. The van der Waals surface area contributed by atoms with Gasteiger partial charge in [-0.2, -0.15) is 5.26 Å². The van der Waals surface area contributed by atoms with E-state index in [1.54, 1.807) is 0 Å². The molecule has 0 aliphatic heterocycles. The second kappa shape index (κ2) is 4.60. The number of hydrogen-bond donors (Lipinski definition) is 2. The monoisotopic (exact) mass is 205 g/mol. The first-order chi connectivity index (χ1) is 7.10. The number of benzene rings is 1. The summed E-state index contributed by atoms with van der Waals surface area (Å²) in [5.74, 6) is -0.713. The van der Waals surface area contributed by atoms with E-state index in [0.29, 0.717) is 0 Å². The van der Waals surface area contributed by atoms with Crippen molar-refractivity contribution in [3.8, 4) is 6.07 Å². The van der Waals surface area contributed by atoms with Gasteiger partial charge in [-0.25, -0.2) is 4.79 Å². The average Bonchev–Trinajstić information content (AvgIpc) is 2.26. The number of methoxy groups -OCH3 is 1. The Morgan fingerprint density at radius 1 is 1.53 bits per heavy atom. The lowest BCUT2D eigenvalue weighted by Gasteiger charge is -2.06. The predicted molar refractivity (Wildman–Crippen MR) is 52.3 cm³/mol. The van der Waals surface area contributed by atoms with Crippen LogP contribution in [0.25, 0.3) is 0 Å². The summed E-state index contributed by atoms with van der Waals surface area (Å²) < 4.78 is 4.46. The smallest absolute Gasteiger partial charge is 0.465 e. The van der Waals surface area contributed by atoms with E-state index in [0.717, 1.165) is 0 Å². The maximum Gasteiger partial charge on any atom is 0.489 e. The second-order valence-corrected chi connectivity index (χ2v) is 2.78. The van der Waals surface area contributed by atoms with Crippen molar-refractivity contribution < 1.29 is 19.6 Å². The fourth-order valence-electron chi connectivity index (χ4n) is 1.14. The SMILES string of the molecule is COC(=O)c1cc(C#N)ccc1B(O)O. The van der Waals surface area contributed by atoms with Gasteiger partial charge in [-0.15, -0.1) is 0 Å². The molecule has 1 rings (SSSR count). The minimum atomic E-state index is -1.77. The average molecular weight is 205 g/mol. The third-order valence-corrected chi connectivity index (χ3v) is 1.87. The molecule has 0 saturated carbocycles. The van der Waals surface area contributed by atoms with Gasteiger partial charge < -0.3 is 14.8 Å². The van der Waals surface area contributed by atoms with Gasteiger partial charge in [-0.1, -0.05) is 6.07 Å². The normalized spacial score (nSPS) is 9.20. The van der Waals surface area contributed by atoms with Gasteiger partial charge in [-0.05, 0) is 17.6 Å². The van der Waals surface area contributed by atoms with Gasteiger partial charge in [0.25, 0.3) is 0 Å². The van der Waals surface area contributed by atoms with Gasteiger partial charge in [0.15, 0.2) is 0 Å². The number of nitriles is 1. The van der Waals surface area contributed by atoms with Crippen molar-refractivity contribution in [2.45, 2.75) is 0 Å². The lowest BCUT2D eigenvalue weighted by molar-refractivity contribution is 0.0601.